The number of carboxylic acids is 1. The van der Waals surface area contributed by atoms with E-state index in [1.165, 1.54) is 6.92 Å². The average Bonchev–Trinajstić information content (AvgIpc) is 0.940. The van der Waals surface area contributed by atoms with Crippen LogP contribution in [0.1, 0.15) is 197 Å². The highest BCUT2D eigenvalue weighted by atomic mass is 16.4. The standard InChI is InChI=1S/C64H119N19O12/c1-37(2)29-44(59(94)83-50(31-39(5)6)51(85)32-41(8)55(66)90)21-22-46(17-12-26-76-62(69)70)80-57(92)43(16-11-25-75-61(67)68)35-53(87)48(18-13-27-77-63(71)72)81-58(93)42(15-9-10-24-65)34-52(86)49(19-14-28-78-64(73)74)82-60(95)45(30-38(3)4)33-47(84)36-79-56(91)40(7)20-23-54(88)89/h37-46,48-50H,9-36,65H2,1-8H3,(H2,66,90)(H,79,91)(H,80,92)(H,81,93)(H,82,95)(H,83,94)(H,88,89)(H4,67,68,75)(H4,69,70,76)(H4,71,72,77)(H4,73,74,78)/t40-,41+,42+,43+,44-,45+,46-,48-,49-,50-/m0/s1. The van der Waals surface area contributed by atoms with Gasteiger partial charge in [0, 0.05) is 99.8 Å². The molecule has 0 spiro atoms. The number of aliphatic carboxylic acids is 1. The fourth-order valence-corrected chi connectivity index (χ4v) is 10.9. The van der Waals surface area contributed by atoms with Crippen LogP contribution in [0.15, 0.2) is 0 Å². The van der Waals surface area contributed by atoms with Crippen molar-refractivity contribution in [3.05, 3.63) is 0 Å². The number of rotatable bonds is 55. The van der Waals surface area contributed by atoms with Crippen molar-refractivity contribution in [2.24, 2.45) is 87.7 Å². The van der Waals surface area contributed by atoms with Gasteiger partial charge in [0.25, 0.3) is 0 Å². The van der Waals surface area contributed by atoms with Gasteiger partial charge in [-0.2, -0.15) is 0 Å². The molecule has 542 valence electrons. The fourth-order valence-electron chi connectivity index (χ4n) is 10.9. The molecule has 0 fully saturated rings. The number of nitrogens with two attached hydrogens (primary N) is 6. The Balaban J connectivity index is 7.34. The first-order chi connectivity index (χ1) is 44.6. The van der Waals surface area contributed by atoms with E-state index in [-0.39, 0.29) is 176 Å². The first-order valence-electron chi connectivity index (χ1n) is 33.7. The Hall–Kier alpha value is -7.99. The topological polar surface area (TPSA) is 568 Å². The second-order valence-electron chi connectivity index (χ2n) is 26.5. The van der Waals surface area contributed by atoms with Gasteiger partial charge in [0.15, 0.2) is 47.0 Å². The number of carboxylic acid groups (broad SMARTS) is 1. The maximum atomic E-state index is 14.9. The minimum Gasteiger partial charge on any atom is -0.481 e. The molecule has 0 saturated heterocycles. The van der Waals surface area contributed by atoms with E-state index in [0.29, 0.717) is 38.5 Å². The van der Waals surface area contributed by atoms with Crippen molar-refractivity contribution < 1.29 is 57.8 Å². The molecule has 31 heteroatoms. The fraction of sp³-hybridized carbons (Fsp3) is 0.766. The van der Waals surface area contributed by atoms with Gasteiger partial charge in [-0.05, 0) is 127 Å². The van der Waals surface area contributed by atoms with Gasteiger partial charge in [-0.25, -0.2) is 0 Å². The lowest BCUT2D eigenvalue weighted by Gasteiger charge is -2.28. The van der Waals surface area contributed by atoms with Crippen molar-refractivity contribution in [2.45, 2.75) is 221 Å². The molecule has 10 atom stereocenters. The molecule has 95 heavy (non-hydrogen) atoms. The summed E-state index contributed by atoms with van der Waals surface area (Å²) in [5.41, 5.74) is 33.7. The number of hydrogen-bond acceptors (Lipinski definition) is 16. The SMILES string of the molecule is CC(C)C[C@H](CC(=O)CNC(=O)[C@@H](C)CCC(=O)O)C(=O)N[C@@H](CCCNC(=N)N)C(=O)C[C@@H](CCCCN)C(=O)N[C@@H](CCCNC(=N)N)C(=O)C[C@@H](CCCNC(=N)N)C(=O)N[C@@H](CCCNC(=N)N)CC[C@@H](CC(C)C)C(=O)N[C@@H](CC(C)C)C(=O)C[C@@H](C)C(N)=O. The number of unbranched alkanes of at least 4 members (excludes halogenated alkanes) is 1. The lowest BCUT2D eigenvalue weighted by atomic mass is 9.87. The summed E-state index contributed by atoms with van der Waals surface area (Å²) in [4.78, 5) is 150. The summed E-state index contributed by atoms with van der Waals surface area (Å²) >= 11 is 0. The van der Waals surface area contributed by atoms with Crippen LogP contribution in [0.2, 0.25) is 0 Å². The first kappa shape index (κ1) is 87.0. The van der Waals surface area contributed by atoms with Gasteiger partial charge in [-0.3, -0.25) is 74.4 Å². The van der Waals surface area contributed by atoms with Crippen molar-refractivity contribution in [3.63, 3.8) is 0 Å². The maximum absolute atomic E-state index is 14.9. The molecule has 31 nitrogen and oxygen atoms in total. The van der Waals surface area contributed by atoms with Gasteiger partial charge in [-0.1, -0.05) is 61.8 Å². The van der Waals surface area contributed by atoms with Gasteiger partial charge in [0.2, 0.25) is 35.4 Å². The zero-order valence-corrected chi connectivity index (χ0v) is 57.7. The van der Waals surface area contributed by atoms with Crippen LogP contribution < -0.4 is 82.3 Å². The van der Waals surface area contributed by atoms with Crippen LogP contribution in [0.3, 0.4) is 0 Å². The largest absolute Gasteiger partial charge is 0.481 e. The molecule has 0 bridgehead atoms. The molecule has 6 amide bonds. The van der Waals surface area contributed by atoms with Crippen LogP contribution in [-0.4, -0.2) is 157 Å². The van der Waals surface area contributed by atoms with E-state index in [0.717, 1.165) is 0 Å². The van der Waals surface area contributed by atoms with Gasteiger partial charge < -0.3 is 87.4 Å². The zero-order valence-electron chi connectivity index (χ0n) is 57.7. The molecule has 0 rings (SSSR count). The summed E-state index contributed by atoms with van der Waals surface area (Å²) in [5, 5.41) is 65.0. The monoisotopic (exact) mass is 1350 g/mol. The lowest BCUT2D eigenvalue weighted by molar-refractivity contribution is -0.138. The Labute approximate surface area is 561 Å². The van der Waals surface area contributed by atoms with Gasteiger partial charge in [0.1, 0.15) is 0 Å². The van der Waals surface area contributed by atoms with Gasteiger partial charge in [-0.15, -0.1) is 0 Å². The minimum atomic E-state index is -1.25. The third-order valence-corrected chi connectivity index (χ3v) is 16.2. The van der Waals surface area contributed by atoms with E-state index in [2.05, 4.69) is 47.9 Å². The number of guanidine groups is 4. The normalized spacial score (nSPS) is 14.4. The number of Topliss-reactive ketones (excluding diaryl/α,β-unsaturated/α-hetero) is 4. The summed E-state index contributed by atoms with van der Waals surface area (Å²) in [6, 6.07) is -3.92. The second kappa shape index (κ2) is 48.7. The molecule has 0 aliphatic heterocycles. The quantitative estimate of drug-likeness (QED) is 0.0230. The summed E-state index contributed by atoms with van der Waals surface area (Å²) in [6.45, 7) is 15.1. The molecule has 0 aromatic rings. The van der Waals surface area contributed by atoms with Crippen molar-refractivity contribution >= 4 is 88.4 Å². The number of nitrogens with one attached hydrogen (secondary N) is 13. The lowest BCUT2D eigenvalue weighted by Crippen LogP contribution is -2.48. The highest BCUT2D eigenvalue weighted by Crippen LogP contribution is 2.25. The van der Waals surface area contributed by atoms with Gasteiger partial charge in [0.05, 0.1) is 24.7 Å². The molecule has 0 aromatic carbocycles. The van der Waals surface area contributed by atoms with Gasteiger partial charge >= 0.3 is 5.97 Å². The molecule has 0 radical (unpaired) electrons. The molecule has 0 aliphatic carbocycles. The van der Waals surface area contributed by atoms with E-state index >= 15 is 0 Å². The van der Waals surface area contributed by atoms with Crippen LogP contribution in [0.4, 0.5) is 0 Å². The summed E-state index contributed by atoms with van der Waals surface area (Å²) in [6.07, 6.45) is 2.64. The van der Waals surface area contributed by atoms with Crippen LogP contribution in [0.25, 0.3) is 0 Å². The first-order valence-corrected chi connectivity index (χ1v) is 33.7. The van der Waals surface area contributed by atoms with E-state index in [1.54, 1.807) is 6.92 Å². The Morgan fingerprint density at radius 3 is 1.22 bits per heavy atom. The Bertz CT molecular complexity index is 2500. The maximum Gasteiger partial charge on any atom is 0.303 e. The highest BCUT2D eigenvalue weighted by Gasteiger charge is 2.35. The summed E-state index contributed by atoms with van der Waals surface area (Å²) in [5.74, 6) is -12.7. The van der Waals surface area contributed by atoms with Crippen LogP contribution in [-0.2, 0) is 52.7 Å². The average molecular weight is 1350 g/mol. The summed E-state index contributed by atoms with van der Waals surface area (Å²) in [7, 11) is 0. The number of hydrogen-bond donors (Lipinski definition) is 20. The number of carbonyl (C=O) groups is 11. The van der Waals surface area contributed by atoms with E-state index in [4.69, 9.17) is 61.1 Å². The smallest absolute Gasteiger partial charge is 0.303 e. The van der Waals surface area contributed by atoms with Crippen LogP contribution in [0, 0.1) is 74.9 Å². The zero-order chi connectivity index (χ0) is 72.3. The minimum absolute atomic E-state index is 0.00135. The van der Waals surface area contributed by atoms with E-state index in [1.807, 2.05) is 41.5 Å². The van der Waals surface area contributed by atoms with Crippen molar-refractivity contribution in [2.75, 3.05) is 39.3 Å². The molecule has 0 unspecified atom stereocenters. The van der Waals surface area contributed by atoms with Crippen molar-refractivity contribution in [3.8, 4) is 0 Å². The van der Waals surface area contributed by atoms with E-state index in [9.17, 15) is 52.7 Å². The second-order valence-corrected chi connectivity index (χ2v) is 26.5. The van der Waals surface area contributed by atoms with Crippen LogP contribution >= 0.6 is 0 Å². The number of primary amides is 1. The number of ketones is 4. The predicted octanol–water partition coefficient (Wildman–Crippen LogP) is 1.07. The van der Waals surface area contributed by atoms with E-state index < -0.39 is 132 Å². The number of amides is 6. The number of carbonyl (C=O) groups excluding carboxylic acids is 10. The predicted molar refractivity (Wildman–Crippen MR) is 365 cm³/mol. The molecule has 0 saturated carbocycles. The summed E-state index contributed by atoms with van der Waals surface area (Å²) < 4.78 is 0. The van der Waals surface area contributed by atoms with Crippen molar-refractivity contribution in [1.82, 2.24) is 47.9 Å². The van der Waals surface area contributed by atoms with Crippen molar-refractivity contribution in [1.29, 1.82) is 21.6 Å². The molecule has 26 N–H and O–H groups in total. The molecule has 0 heterocycles. The molecule has 0 aliphatic rings. The third-order valence-electron chi connectivity index (χ3n) is 16.2. The molecular formula is C64H119N19O12. The van der Waals surface area contributed by atoms with Crippen LogP contribution in [0.5, 0.6) is 0 Å². The Kier molecular flexibility index (Phi) is 44.6. The Morgan fingerprint density at radius 1 is 0.379 bits per heavy atom. The highest BCUT2D eigenvalue weighted by molar-refractivity contribution is 5.97. The third kappa shape index (κ3) is 42.1. The Morgan fingerprint density at radius 2 is 0.779 bits per heavy atom. The molecule has 0 aromatic heterocycles. The molecular weight excluding hydrogens is 1230 g/mol.